The predicted octanol–water partition coefficient (Wildman–Crippen LogP) is 3.68. The summed E-state index contributed by atoms with van der Waals surface area (Å²) in [5, 5.41) is 12.3. The Morgan fingerprint density at radius 2 is 1.75 bits per heavy atom. The van der Waals surface area contributed by atoms with Crippen molar-refractivity contribution in [2.75, 3.05) is 13.6 Å². The minimum absolute atomic E-state index is 0.0329. The number of piperidine rings is 1. The Labute approximate surface area is 194 Å². The van der Waals surface area contributed by atoms with Gasteiger partial charge in [-0.05, 0) is 51.5 Å². The van der Waals surface area contributed by atoms with E-state index in [0.717, 1.165) is 38.6 Å². The van der Waals surface area contributed by atoms with Crippen molar-refractivity contribution in [1.29, 1.82) is 0 Å². The maximum atomic E-state index is 13.4. The lowest BCUT2D eigenvalue weighted by atomic mass is 9.95. The van der Waals surface area contributed by atoms with Crippen molar-refractivity contribution in [3.05, 3.63) is 11.6 Å². The van der Waals surface area contributed by atoms with E-state index in [9.17, 15) is 19.5 Å². The third-order valence-corrected chi connectivity index (χ3v) is 6.59. The van der Waals surface area contributed by atoms with Gasteiger partial charge in [-0.1, -0.05) is 53.5 Å². The van der Waals surface area contributed by atoms with Gasteiger partial charge in [0.2, 0.25) is 11.8 Å². The van der Waals surface area contributed by atoms with Gasteiger partial charge in [0.1, 0.15) is 6.04 Å². The number of carboxylic acid groups (broad SMARTS) is 1. The lowest BCUT2D eigenvalue weighted by molar-refractivity contribution is -0.140. The number of aliphatic carboxylic acids is 1. The zero-order valence-corrected chi connectivity index (χ0v) is 21.4. The number of carbonyl (C=O) groups is 3. The van der Waals surface area contributed by atoms with Crippen molar-refractivity contribution < 1.29 is 19.5 Å². The predicted molar refractivity (Wildman–Crippen MR) is 128 cm³/mol. The molecule has 1 rings (SSSR count). The molecule has 32 heavy (non-hydrogen) atoms. The molecule has 2 N–H and O–H groups in total. The van der Waals surface area contributed by atoms with Gasteiger partial charge in [0.05, 0.1) is 12.1 Å². The molecule has 0 aromatic carbocycles. The summed E-state index contributed by atoms with van der Waals surface area (Å²) in [6.45, 7) is 14.6. The minimum atomic E-state index is -0.996. The maximum absolute atomic E-state index is 13.4. The number of amides is 2. The highest BCUT2D eigenvalue weighted by atomic mass is 16.4. The van der Waals surface area contributed by atoms with E-state index in [1.54, 1.807) is 18.0 Å². The van der Waals surface area contributed by atoms with Gasteiger partial charge in [-0.25, -0.2) is 4.79 Å². The van der Waals surface area contributed by atoms with Crippen molar-refractivity contribution in [2.45, 2.75) is 105 Å². The smallest absolute Gasteiger partial charge is 0.331 e. The van der Waals surface area contributed by atoms with E-state index in [4.69, 9.17) is 0 Å². The SMILES string of the molecule is CCCC(C)N1CCCC[C@@H]1C(=O)N[C@H](C(=O)N(C)[C@H](C=C(C)C(=O)O)C(C)C)C(C)C. The first-order valence-electron chi connectivity index (χ1n) is 12.2. The van der Waals surface area contributed by atoms with Crippen LogP contribution < -0.4 is 5.32 Å². The number of likely N-dealkylation sites (N-methyl/N-ethyl adjacent to an activating group) is 1. The first kappa shape index (κ1) is 28.1. The maximum Gasteiger partial charge on any atom is 0.331 e. The molecular formula is C25H45N3O4. The Morgan fingerprint density at radius 1 is 1.12 bits per heavy atom. The molecule has 184 valence electrons. The number of hydrogen-bond donors (Lipinski definition) is 2. The van der Waals surface area contributed by atoms with Crippen LogP contribution in [0.25, 0.3) is 0 Å². The van der Waals surface area contributed by atoms with Crippen molar-refractivity contribution in [3.63, 3.8) is 0 Å². The average molecular weight is 452 g/mol. The Morgan fingerprint density at radius 3 is 2.25 bits per heavy atom. The second kappa shape index (κ2) is 13.0. The molecule has 1 unspecified atom stereocenters. The van der Waals surface area contributed by atoms with Crippen LogP contribution in [0, 0.1) is 11.8 Å². The monoisotopic (exact) mass is 451 g/mol. The standard InChI is InChI=1S/C25H45N3O4/c1-9-12-19(7)28-14-11-10-13-20(28)23(29)26-22(17(4)5)24(30)27(8)21(16(2)3)15-18(6)25(31)32/h15-17,19-22H,9-14H2,1-8H3,(H,26,29)(H,31,32)/t19?,20-,21-,22+/m1/s1. The molecule has 0 spiro atoms. The van der Waals surface area contributed by atoms with Crippen LogP contribution in [0.15, 0.2) is 11.6 Å². The molecule has 0 saturated carbocycles. The summed E-state index contributed by atoms with van der Waals surface area (Å²) in [5.74, 6) is -1.32. The van der Waals surface area contributed by atoms with Gasteiger partial charge in [-0.3, -0.25) is 14.5 Å². The van der Waals surface area contributed by atoms with Gasteiger partial charge in [-0.15, -0.1) is 0 Å². The molecule has 0 radical (unpaired) electrons. The highest BCUT2D eigenvalue weighted by molar-refractivity contribution is 5.90. The first-order valence-corrected chi connectivity index (χ1v) is 12.2. The van der Waals surface area contributed by atoms with Crippen molar-refractivity contribution in [3.8, 4) is 0 Å². The average Bonchev–Trinajstić information content (AvgIpc) is 2.74. The van der Waals surface area contributed by atoms with E-state index < -0.39 is 12.0 Å². The molecule has 0 aromatic rings. The fraction of sp³-hybridized carbons (Fsp3) is 0.800. The molecule has 0 bridgehead atoms. The lowest BCUT2D eigenvalue weighted by Gasteiger charge is -2.40. The van der Waals surface area contributed by atoms with Gasteiger partial charge < -0.3 is 15.3 Å². The topological polar surface area (TPSA) is 90.0 Å². The van der Waals surface area contributed by atoms with Crippen molar-refractivity contribution in [1.82, 2.24) is 15.1 Å². The lowest BCUT2D eigenvalue weighted by Crippen LogP contribution is -2.59. The highest BCUT2D eigenvalue weighted by Crippen LogP contribution is 2.23. The van der Waals surface area contributed by atoms with Gasteiger partial charge >= 0.3 is 5.97 Å². The van der Waals surface area contributed by atoms with Crippen LogP contribution >= 0.6 is 0 Å². The van der Waals surface area contributed by atoms with Crippen LogP contribution in [-0.2, 0) is 14.4 Å². The normalized spacial score (nSPS) is 20.7. The second-order valence-electron chi connectivity index (χ2n) is 9.96. The van der Waals surface area contributed by atoms with E-state index in [1.807, 2.05) is 27.7 Å². The van der Waals surface area contributed by atoms with Crippen LogP contribution in [-0.4, -0.2) is 70.4 Å². The molecule has 7 nitrogen and oxygen atoms in total. The van der Waals surface area contributed by atoms with Gasteiger partial charge in [0.15, 0.2) is 0 Å². The van der Waals surface area contributed by atoms with Gasteiger partial charge in [-0.2, -0.15) is 0 Å². The number of likely N-dealkylation sites (tertiary alicyclic amines) is 1. The summed E-state index contributed by atoms with van der Waals surface area (Å²) in [5.41, 5.74) is 0.205. The van der Waals surface area contributed by atoms with Crippen LogP contribution in [0.2, 0.25) is 0 Å². The summed E-state index contributed by atoms with van der Waals surface area (Å²) in [7, 11) is 1.69. The zero-order valence-electron chi connectivity index (χ0n) is 21.4. The molecule has 1 saturated heterocycles. The molecular weight excluding hydrogens is 406 g/mol. The Bertz CT molecular complexity index is 674. The third kappa shape index (κ3) is 7.61. The zero-order chi connectivity index (χ0) is 24.6. The van der Waals surface area contributed by atoms with Crippen LogP contribution in [0.5, 0.6) is 0 Å². The van der Waals surface area contributed by atoms with Crippen molar-refractivity contribution >= 4 is 17.8 Å². The Kier molecular flexibility index (Phi) is 11.4. The van der Waals surface area contributed by atoms with Gasteiger partial charge in [0, 0.05) is 18.7 Å². The van der Waals surface area contributed by atoms with Crippen molar-refractivity contribution in [2.24, 2.45) is 11.8 Å². The molecule has 0 aromatic heterocycles. The number of nitrogens with one attached hydrogen (secondary N) is 1. The molecule has 2 amide bonds. The summed E-state index contributed by atoms with van der Waals surface area (Å²) in [4.78, 5) is 41.9. The van der Waals surface area contributed by atoms with Crippen LogP contribution in [0.1, 0.15) is 80.6 Å². The largest absolute Gasteiger partial charge is 0.478 e. The molecule has 7 heteroatoms. The molecule has 1 heterocycles. The first-order chi connectivity index (χ1) is 14.9. The number of carboxylic acids is 1. The molecule has 4 atom stereocenters. The Balaban J connectivity index is 3.06. The number of carbonyl (C=O) groups excluding carboxylic acids is 2. The number of nitrogens with zero attached hydrogens (tertiary/aromatic N) is 2. The summed E-state index contributed by atoms with van der Waals surface area (Å²) in [6.07, 6.45) is 6.66. The third-order valence-electron chi connectivity index (χ3n) is 6.59. The van der Waals surface area contributed by atoms with E-state index in [2.05, 4.69) is 24.1 Å². The Hall–Kier alpha value is -1.89. The minimum Gasteiger partial charge on any atom is -0.478 e. The van der Waals surface area contributed by atoms with Gasteiger partial charge in [0.25, 0.3) is 0 Å². The van der Waals surface area contributed by atoms with E-state index >= 15 is 0 Å². The molecule has 0 aliphatic carbocycles. The van der Waals surface area contributed by atoms with E-state index in [1.165, 1.54) is 6.92 Å². The summed E-state index contributed by atoms with van der Waals surface area (Å²) in [6, 6.07) is -0.897. The second-order valence-corrected chi connectivity index (χ2v) is 9.96. The number of rotatable bonds is 11. The summed E-state index contributed by atoms with van der Waals surface area (Å²) >= 11 is 0. The molecule has 1 fully saturated rings. The highest BCUT2D eigenvalue weighted by Gasteiger charge is 2.36. The van der Waals surface area contributed by atoms with Crippen LogP contribution in [0.3, 0.4) is 0 Å². The molecule has 1 aliphatic heterocycles. The number of hydrogen-bond acceptors (Lipinski definition) is 4. The summed E-state index contributed by atoms with van der Waals surface area (Å²) < 4.78 is 0. The van der Waals surface area contributed by atoms with Crippen LogP contribution in [0.4, 0.5) is 0 Å². The fourth-order valence-corrected chi connectivity index (χ4v) is 4.55. The fourth-order valence-electron chi connectivity index (χ4n) is 4.55. The van der Waals surface area contributed by atoms with E-state index in [0.29, 0.717) is 6.04 Å². The molecule has 1 aliphatic rings. The quantitative estimate of drug-likeness (QED) is 0.468. The van der Waals surface area contributed by atoms with E-state index in [-0.39, 0.29) is 41.3 Å².